The first-order chi connectivity index (χ1) is 40.1. The molecule has 2 unspecified atom stereocenters. The van der Waals surface area contributed by atoms with Crippen molar-refractivity contribution in [3.63, 3.8) is 0 Å². The summed E-state index contributed by atoms with van der Waals surface area (Å²) in [6, 6.07) is 0. The number of carboxylic acid groups (broad SMARTS) is 1. The van der Waals surface area contributed by atoms with Crippen molar-refractivity contribution in [1.29, 1.82) is 0 Å². The molecule has 82 heavy (non-hydrogen) atoms. The summed E-state index contributed by atoms with van der Waals surface area (Å²) in [4.78, 5) is 37.6. The lowest BCUT2D eigenvalue weighted by atomic mass is 10.0. The van der Waals surface area contributed by atoms with Crippen LogP contribution in [0.5, 0.6) is 0 Å². The molecule has 488 valence electrons. The van der Waals surface area contributed by atoms with E-state index >= 15 is 0 Å². The molecule has 0 saturated heterocycles. The third-order valence-electron chi connectivity index (χ3n) is 17.1. The summed E-state index contributed by atoms with van der Waals surface area (Å²) in [6.45, 7) is 4.98. The quantitative estimate of drug-likeness (QED) is 0.0278. The van der Waals surface area contributed by atoms with Crippen LogP contribution in [0.2, 0.25) is 0 Å². The number of quaternary nitrogens is 1. The maximum absolute atomic E-state index is 13.0. The number of carbonyl (C=O) groups is 3. The zero-order valence-corrected chi connectivity index (χ0v) is 56.0. The van der Waals surface area contributed by atoms with E-state index < -0.39 is 18.4 Å². The molecule has 0 aliphatic heterocycles. The molecule has 1 N–H and O–H groups in total. The monoisotopic (exact) mass is 1160 g/mol. The van der Waals surface area contributed by atoms with E-state index in [0.29, 0.717) is 17.4 Å². The number of rotatable bonds is 70. The molecule has 0 spiro atoms. The van der Waals surface area contributed by atoms with Crippen LogP contribution in [0.15, 0.2) is 0 Å². The number of ether oxygens (including phenoxy) is 4. The molecule has 9 heteroatoms. The van der Waals surface area contributed by atoms with Crippen molar-refractivity contribution in [2.75, 3.05) is 47.5 Å². The van der Waals surface area contributed by atoms with Gasteiger partial charge >= 0.3 is 17.9 Å². The Morgan fingerprint density at radius 3 is 0.780 bits per heavy atom. The highest BCUT2D eigenvalue weighted by molar-refractivity contribution is 5.71. The minimum atomic E-state index is -1.50. The maximum Gasteiger partial charge on any atom is 0.361 e. The van der Waals surface area contributed by atoms with Crippen LogP contribution < -0.4 is 0 Å². The molecule has 0 fully saturated rings. The molecule has 0 aromatic carbocycles. The molecule has 2 atom stereocenters. The van der Waals surface area contributed by atoms with Crippen LogP contribution in [0, 0.1) is 0 Å². The molecule has 0 amide bonds. The number of carbonyl (C=O) groups excluding carboxylic acids is 2. The Labute approximate surface area is 511 Å². The van der Waals surface area contributed by atoms with Crippen molar-refractivity contribution in [3.8, 4) is 0 Å². The van der Waals surface area contributed by atoms with Gasteiger partial charge in [-0.1, -0.05) is 367 Å². The molecule has 0 heterocycles. The number of aliphatic carboxylic acids is 1. The third-order valence-corrected chi connectivity index (χ3v) is 17.1. The van der Waals surface area contributed by atoms with Gasteiger partial charge in [-0.05, 0) is 12.8 Å². The number of carboxylic acids is 1. The summed E-state index contributed by atoms with van der Waals surface area (Å²) in [5, 5.41) is 9.75. The lowest BCUT2D eigenvalue weighted by Gasteiger charge is -2.25. The number of likely N-dealkylation sites (N-methyl/N-ethyl adjacent to an activating group) is 1. The fourth-order valence-corrected chi connectivity index (χ4v) is 11.5. The largest absolute Gasteiger partial charge is 0.477 e. The van der Waals surface area contributed by atoms with Crippen molar-refractivity contribution < 1.29 is 42.9 Å². The maximum atomic E-state index is 13.0. The molecule has 0 aliphatic carbocycles. The second-order valence-corrected chi connectivity index (χ2v) is 26.6. The molecule has 0 aliphatic rings. The van der Waals surface area contributed by atoms with E-state index in [0.717, 1.165) is 38.5 Å². The van der Waals surface area contributed by atoms with Crippen molar-refractivity contribution in [2.45, 2.75) is 405 Å². The number of esters is 2. The van der Waals surface area contributed by atoms with E-state index in [-0.39, 0.29) is 38.2 Å². The standard InChI is InChI=1S/C73H143NO8/c1-6-8-10-12-14-16-18-20-22-24-26-28-30-32-34-36-38-40-42-44-46-48-50-52-54-56-58-60-62-64-71(76)82-69(68-81-73(72(77)78)79-66-65-74(3,4)5)67-80-70(75)63-61-59-57-55-53-51-49-47-45-43-41-39-37-35-33-31-29-27-25-23-21-19-17-15-13-11-9-7-2/h69,73H,6-68H2,1-5H3/p+1. The molecule has 0 rings (SSSR count). The van der Waals surface area contributed by atoms with E-state index in [2.05, 4.69) is 13.8 Å². The van der Waals surface area contributed by atoms with E-state index in [4.69, 9.17) is 18.9 Å². The van der Waals surface area contributed by atoms with Gasteiger partial charge < -0.3 is 28.5 Å². The van der Waals surface area contributed by atoms with Crippen LogP contribution in [0.1, 0.15) is 393 Å². The summed E-state index contributed by atoms with van der Waals surface area (Å²) in [5.41, 5.74) is 0. The minimum absolute atomic E-state index is 0.172. The molecular formula is C73H144NO8+. The van der Waals surface area contributed by atoms with E-state index in [1.54, 1.807) is 0 Å². The van der Waals surface area contributed by atoms with Crippen molar-refractivity contribution in [3.05, 3.63) is 0 Å². The van der Waals surface area contributed by atoms with Crippen LogP contribution in [0.3, 0.4) is 0 Å². The minimum Gasteiger partial charge on any atom is -0.477 e. The molecule has 0 aromatic heterocycles. The Hall–Kier alpha value is -1.71. The van der Waals surface area contributed by atoms with Gasteiger partial charge in [0.05, 0.1) is 34.4 Å². The summed E-state index contributed by atoms with van der Waals surface area (Å²) < 4.78 is 23.0. The van der Waals surface area contributed by atoms with Crippen LogP contribution in [0.4, 0.5) is 0 Å². The molecule has 0 bridgehead atoms. The van der Waals surface area contributed by atoms with Gasteiger partial charge in [-0.3, -0.25) is 9.59 Å². The summed E-state index contributed by atoms with van der Waals surface area (Å²) >= 11 is 0. The summed E-state index contributed by atoms with van der Waals surface area (Å²) in [7, 11) is 6.00. The zero-order chi connectivity index (χ0) is 59.8. The second kappa shape index (κ2) is 65.3. The number of nitrogens with zero attached hydrogens (tertiary/aromatic N) is 1. The number of hydrogen-bond donors (Lipinski definition) is 1. The molecular weight excluding hydrogens is 1020 g/mol. The SMILES string of the molecule is CCCCCCCCCCCCCCCCCCCCCCCCCCCCCCCC(=O)OC(COC(=O)CCCCCCCCCCCCCCCCCCCCCCCCCCCCCC)COC(OCC[N+](C)(C)C)C(=O)O. The zero-order valence-electron chi connectivity index (χ0n) is 56.0. The van der Waals surface area contributed by atoms with Gasteiger partial charge in [0.25, 0.3) is 6.29 Å². The highest BCUT2D eigenvalue weighted by Crippen LogP contribution is 2.20. The Balaban J connectivity index is 4.01. The van der Waals surface area contributed by atoms with Gasteiger partial charge in [-0.15, -0.1) is 0 Å². The lowest BCUT2D eigenvalue weighted by Crippen LogP contribution is -2.40. The van der Waals surface area contributed by atoms with Gasteiger partial charge in [-0.25, -0.2) is 4.79 Å². The highest BCUT2D eigenvalue weighted by Gasteiger charge is 2.25. The van der Waals surface area contributed by atoms with Gasteiger partial charge in [0.15, 0.2) is 6.10 Å². The van der Waals surface area contributed by atoms with Crippen LogP contribution in [0.25, 0.3) is 0 Å². The smallest absolute Gasteiger partial charge is 0.361 e. The number of unbranched alkanes of at least 4 members (excludes halogenated alkanes) is 55. The topological polar surface area (TPSA) is 108 Å². The summed E-state index contributed by atoms with van der Waals surface area (Å²) in [6.07, 6.45) is 75.2. The van der Waals surface area contributed by atoms with E-state index in [9.17, 15) is 19.5 Å². The molecule has 9 nitrogen and oxygen atoms in total. The fraction of sp³-hybridized carbons (Fsp3) is 0.959. The molecule has 0 radical (unpaired) electrons. The predicted octanol–water partition coefficient (Wildman–Crippen LogP) is 22.6. The van der Waals surface area contributed by atoms with Gasteiger partial charge in [0.1, 0.15) is 13.2 Å². The van der Waals surface area contributed by atoms with Crippen molar-refractivity contribution in [1.82, 2.24) is 0 Å². The van der Waals surface area contributed by atoms with Crippen LogP contribution in [-0.4, -0.2) is 87.4 Å². The summed E-state index contributed by atoms with van der Waals surface area (Å²) in [5.74, 6) is -1.96. The molecule has 0 saturated carbocycles. The van der Waals surface area contributed by atoms with E-state index in [1.807, 2.05) is 21.1 Å². The van der Waals surface area contributed by atoms with Crippen molar-refractivity contribution >= 4 is 17.9 Å². The fourth-order valence-electron chi connectivity index (χ4n) is 11.5. The van der Waals surface area contributed by atoms with E-state index in [1.165, 1.54) is 327 Å². The molecule has 0 aromatic rings. The average Bonchev–Trinajstić information content (AvgIpc) is 3.47. The highest BCUT2D eigenvalue weighted by atomic mass is 16.7. The van der Waals surface area contributed by atoms with Gasteiger partial charge in [0, 0.05) is 12.8 Å². The Kier molecular flexibility index (Phi) is 63.9. The van der Waals surface area contributed by atoms with Crippen molar-refractivity contribution in [2.24, 2.45) is 0 Å². The van der Waals surface area contributed by atoms with Gasteiger partial charge in [-0.2, -0.15) is 0 Å². The first-order valence-corrected chi connectivity index (χ1v) is 36.7. The first-order valence-electron chi connectivity index (χ1n) is 36.7. The average molecular weight is 1160 g/mol. The Morgan fingerprint density at radius 1 is 0.317 bits per heavy atom. The predicted molar refractivity (Wildman–Crippen MR) is 351 cm³/mol. The second-order valence-electron chi connectivity index (χ2n) is 26.6. The number of hydrogen-bond acceptors (Lipinski definition) is 7. The lowest BCUT2D eigenvalue weighted by molar-refractivity contribution is -0.870. The van der Waals surface area contributed by atoms with Gasteiger partial charge in [0.2, 0.25) is 0 Å². The Bertz CT molecular complexity index is 1300. The first kappa shape index (κ1) is 80.3. The van der Waals surface area contributed by atoms with Crippen LogP contribution in [-0.2, 0) is 33.3 Å². The normalized spacial score (nSPS) is 12.5. The van der Waals surface area contributed by atoms with Crippen LogP contribution >= 0.6 is 0 Å². The Morgan fingerprint density at radius 2 is 0.549 bits per heavy atom. The third kappa shape index (κ3) is 65.8.